The normalized spacial score (nSPS) is 14.6. The molecule has 1 aromatic carbocycles. The Bertz CT molecular complexity index is 1240. The Morgan fingerprint density at radius 2 is 1.71 bits per heavy atom. The van der Waals surface area contributed by atoms with Crippen molar-refractivity contribution in [2.75, 3.05) is 44.0 Å². The van der Waals surface area contributed by atoms with Gasteiger partial charge in [0.2, 0.25) is 12.7 Å². The van der Waals surface area contributed by atoms with Crippen LogP contribution in [0.4, 0.5) is 5.69 Å². The van der Waals surface area contributed by atoms with Crippen LogP contribution in [0.3, 0.4) is 0 Å². The van der Waals surface area contributed by atoms with Gasteiger partial charge in [-0.3, -0.25) is 14.4 Å². The van der Waals surface area contributed by atoms with E-state index in [2.05, 4.69) is 10.3 Å². The predicted molar refractivity (Wildman–Crippen MR) is 127 cm³/mol. The molecular formula is C24H22N4O6S. The molecule has 35 heavy (non-hydrogen) atoms. The van der Waals surface area contributed by atoms with Crippen molar-refractivity contribution in [1.29, 1.82) is 0 Å². The fourth-order valence-electron chi connectivity index (χ4n) is 3.81. The third-order valence-electron chi connectivity index (χ3n) is 5.58. The van der Waals surface area contributed by atoms with E-state index in [0.29, 0.717) is 54.0 Å². The minimum Gasteiger partial charge on any atom is -0.459 e. The lowest BCUT2D eigenvalue weighted by atomic mass is 10.2. The van der Waals surface area contributed by atoms with Crippen molar-refractivity contribution in [1.82, 2.24) is 14.8 Å². The van der Waals surface area contributed by atoms with Crippen LogP contribution < -0.4 is 14.8 Å². The standard InChI is InChI=1S/C24H22N4O6S/c29-21(26-16-5-6-18-20(13-16)34-15-33-18)14-35-22-17(3-1-7-25-22)23(30)27-8-10-28(11-9-27)24(31)19-4-2-12-32-19/h1-7,12-13H,8-11,14-15H2,(H,26,29). The SMILES string of the molecule is O=C(CSc1ncccc1C(=O)N1CCN(C(=O)c2ccco2)CC1)Nc1ccc2c(c1)OCO2. The monoisotopic (exact) mass is 494 g/mol. The minimum atomic E-state index is -0.233. The molecule has 1 N–H and O–H groups in total. The number of carbonyl (C=O) groups is 3. The van der Waals surface area contributed by atoms with E-state index in [9.17, 15) is 14.4 Å². The summed E-state index contributed by atoms with van der Waals surface area (Å²) in [7, 11) is 0. The molecule has 1 fully saturated rings. The van der Waals surface area contributed by atoms with Crippen molar-refractivity contribution in [2.24, 2.45) is 0 Å². The first-order chi connectivity index (χ1) is 17.1. The summed E-state index contributed by atoms with van der Waals surface area (Å²) in [6, 6.07) is 11.9. The van der Waals surface area contributed by atoms with Gasteiger partial charge in [0.15, 0.2) is 17.3 Å². The van der Waals surface area contributed by atoms with Crippen LogP contribution in [0.15, 0.2) is 64.4 Å². The second-order valence-electron chi connectivity index (χ2n) is 7.82. The quantitative estimate of drug-likeness (QED) is 0.521. The van der Waals surface area contributed by atoms with E-state index in [-0.39, 0.29) is 36.0 Å². The molecule has 3 amide bonds. The number of pyridine rings is 1. The summed E-state index contributed by atoms with van der Waals surface area (Å²) in [6.45, 7) is 1.77. The first-order valence-corrected chi connectivity index (χ1v) is 12.0. The molecule has 0 atom stereocenters. The maximum absolute atomic E-state index is 13.2. The molecule has 180 valence electrons. The van der Waals surface area contributed by atoms with Crippen molar-refractivity contribution >= 4 is 35.2 Å². The lowest BCUT2D eigenvalue weighted by Gasteiger charge is -2.34. The zero-order chi connectivity index (χ0) is 24.2. The number of piperazine rings is 1. The summed E-state index contributed by atoms with van der Waals surface area (Å²) in [5.41, 5.74) is 1.03. The Kier molecular flexibility index (Phi) is 6.57. The van der Waals surface area contributed by atoms with Crippen LogP contribution in [-0.2, 0) is 4.79 Å². The summed E-state index contributed by atoms with van der Waals surface area (Å²) < 4.78 is 15.8. The van der Waals surface area contributed by atoms with Gasteiger partial charge in [-0.2, -0.15) is 0 Å². The topological polar surface area (TPSA) is 114 Å². The molecule has 0 aliphatic carbocycles. The van der Waals surface area contributed by atoms with Crippen molar-refractivity contribution in [2.45, 2.75) is 5.03 Å². The lowest BCUT2D eigenvalue weighted by molar-refractivity contribution is -0.113. The molecule has 0 spiro atoms. The Morgan fingerprint density at radius 3 is 2.49 bits per heavy atom. The molecule has 11 heteroatoms. The number of furan rings is 1. The Balaban J connectivity index is 1.17. The van der Waals surface area contributed by atoms with Crippen LogP contribution in [-0.4, -0.2) is 71.2 Å². The van der Waals surface area contributed by atoms with Gasteiger partial charge in [0, 0.05) is 44.1 Å². The molecule has 5 rings (SSSR count). The van der Waals surface area contributed by atoms with E-state index < -0.39 is 0 Å². The fraction of sp³-hybridized carbons (Fsp3) is 0.250. The number of anilines is 1. The first kappa shape index (κ1) is 22.8. The molecule has 4 heterocycles. The summed E-state index contributed by atoms with van der Waals surface area (Å²) >= 11 is 1.19. The number of carbonyl (C=O) groups excluding carboxylic acids is 3. The highest BCUT2D eigenvalue weighted by Gasteiger charge is 2.28. The van der Waals surface area contributed by atoms with Gasteiger partial charge < -0.3 is 29.0 Å². The Morgan fingerprint density at radius 1 is 0.943 bits per heavy atom. The number of ether oxygens (including phenoxy) is 2. The van der Waals surface area contributed by atoms with E-state index in [4.69, 9.17) is 13.9 Å². The molecule has 3 aromatic rings. The maximum atomic E-state index is 13.2. The number of aromatic nitrogens is 1. The molecule has 10 nitrogen and oxygen atoms in total. The van der Waals surface area contributed by atoms with Gasteiger partial charge in [0.25, 0.3) is 11.8 Å². The van der Waals surface area contributed by atoms with Crippen LogP contribution in [0.2, 0.25) is 0 Å². The van der Waals surface area contributed by atoms with Crippen molar-refractivity contribution in [3.8, 4) is 11.5 Å². The highest BCUT2D eigenvalue weighted by Crippen LogP contribution is 2.34. The van der Waals surface area contributed by atoms with Gasteiger partial charge in [-0.1, -0.05) is 11.8 Å². The van der Waals surface area contributed by atoms with Crippen molar-refractivity contribution < 1.29 is 28.3 Å². The highest BCUT2D eigenvalue weighted by atomic mass is 32.2. The number of hydrogen-bond donors (Lipinski definition) is 1. The van der Waals surface area contributed by atoms with Gasteiger partial charge >= 0.3 is 0 Å². The van der Waals surface area contributed by atoms with Crippen LogP contribution in [0, 0.1) is 0 Å². The molecule has 0 saturated carbocycles. The molecule has 1 saturated heterocycles. The van der Waals surface area contributed by atoms with Gasteiger partial charge in [0.1, 0.15) is 5.03 Å². The molecule has 0 bridgehead atoms. The van der Waals surface area contributed by atoms with Gasteiger partial charge in [-0.25, -0.2) is 4.98 Å². The largest absolute Gasteiger partial charge is 0.459 e. The second kappa shape index (κ2) is 10.1. The zero-order valence-corrected chi connectivity index (χ0v) is 19.5. The van der Waals surface area contributed by atoms with E-state index in [1.807, 2.05) is 0 Å². The van der Waals surface area contributed by atoms with Crippen LogP contribution >= 0.6 is 11.8 Å². The number of amides is 3. The summed E-state index contributed by atoms with van der Waals surface area (Å²) in [5.74, 6) is 0.990. The Hall–Kier alpha value is -3.99. The minimum absolute atomic E-state index is 0.0805. The average molecular weight is 495 g/mol. The Labute approximate surface area is 205 Å². The highest BCUT2D eigenvalue weighted by molar-refractivity contribution is 8.00. The lowest BCUT2D eigenvalue weighted by Crippen LogP contribution is -2.50. The number of hydrogen-bond acceptors (Lipinski definition) is 8. The fourth-order valence-corrected chi connectivity index (χ4v) is 4.60. The summed E-state index contributed by atoms with van der Waals surface area (Å²) in [5, 5.41) is 3.30. The number of nitrogens with zero attached hydrogens (tertiary/aromatic N) is 3. The van der Waals surface area contributed by atoms with Crippen molar-refractivity contribution in [3.63, 3.8) is 0 Å². The van der Waals surface area contributed by atoms with Gasteiger partial charge in [-0.15, -0.1) is 0 Å². The maximum Gasteiger partial charge on any atom is 0.289 e. The van der Waals surface area contributed by atoms with E-state index in [1.54, 1.807) is 58.5 Å². The van der Waals surface area contributed by atoms with Gasteiger partial charge in [-0.05, 0) is 36.4 Å². The number of rotatable bonds is 6. The second-order valence-corrected chi connectivity index (χ2v) is 8.79. The first-order valence-electron chi connectivity index (χ1n) is 11.0. The average Bonchev–Trinajstić information content (AvgIpc) is 3.59. The number of benzene rings is 1. The predicted octanol–water partition coefficient (Wildman–Crippen LogP) is 2.73. The molecular weight excluding hydrogens is 472 g/mol. The van der Waals surface area contributed by atoms with Crippen LogP contribution in [0.5, 0.6) is 11.5 Å². The van der Waals surface area contributed by atoms with Crippen LogP contribution in [0.1, 0.15) is 20.9 Å². The third-order valence-corrected chi connectivity index (χ3v) is 6.59. The summed E-state index contributed by atoms with van der Waals surface area (Å²) in [6.07, 6.45) is 3.05. The number of nitrogens with one attached hydrogen (secondary N) is 1. The van der Waals surface area contributed by atoms with Gasteiger partial charge in [0.05, 0.1) is 17.6 Å². The van der Waals surface area contributed by atoms with E-state index >= 15 is 0 Å². The smallest absolute Gasteiger partial charge is 0.289 e. The van der Waals surface area contributed by atoms with Crippen molar-refractivity contribution in [3.05, 3.63) is 66.2 Å². The molecule has 2 aliphatic heterocycles. The zero-order valence-electron chi connectivity index (χ0n) is 18.6. The number of thioether (sulfide) groups is 1. The van der Waals surface area contributed by atoms with E-state index in [0.717, 1.165) is 0 Å². The molecule has 0 radical (unpaired) electrons. The van der Waals surface area contributed by atoms with Crippen LogP contribution in [0.25, 0.3) is 0 Å². The number of fused-ring (bicyclic) bond motifs is 1. The molecule has 2 aromatic heterocycles. The summed E-state index contributed by atoms with van der Waals surface area (Å²) in [4.78, 5) is 45.8. The molecule has 2 aliphatic rings. The molecule has 0 unspecified atom stereocenters. The third kappa shape index (κ3) is 5.09. The van der Waals surface area contributed by atoms with E-state index in [1.165, 1.54) is 18.0 Å².